The largest absolute Gasteiger partial charge is 0.448 e. The Hall–Kier alpha value is -3.11. The van der Waals surface area contributed by atoms with Gasteiger partial charge >= 0.3 is 0 Å². The summed E-state index contributed by atoms with van der Waals surface area (Å²) in [4.78, 5) is 21.5. The highest BCUT2D eigenvalue weighted by Gasteiger charge is 2.20. The van der Waals surface area contributed by atoms with Gasteiger partial charge in [0.1, 0.15) is 11.5 Å². The van der Waals surface area contributed by atoms with Crippen LogP contribution >= 0.6 is 0 Å². The lowest BCUT2D eigenvalue weighted by Gasteiger charge is -2.23. The fraction of sp³-hybridized carbons (Fsp3) is 0.350. The predicted molar refractivity (Wildman–Crippen MR) is 107 cm³/mol. The minimum atomic E-state index is -0.960. The van der Waals surface area contributed by atoms with Gasteiger partial charge < -0.3 is 20.3 Å². The second kappa shape index (κ2) is 8.33. The van der Waals surface area contributed by atoms with Crippen LogP contribution in [0.2, 0.25) is 0 Å². The molecule has 10 heteroatoms. The van der Waals surface area contributed by atoms with Crippen LogP contribution in [-0.2, 0) is 6.54 Å². The molecule has 30 heavy (non-hydrogen) atoms. The Labute approximate surface area is 170 Å². The van der Waals surface area contributed by atoms with Gasteiger partial charge in [-0.3, -0.25) is 9.36 Å². The van der Waals surface area contributed by atoms with Crippen LogP contribution < -0.4 is 15.6 Å². The minimum absolute atomic E-state index is 0.0989. The molecule has 0 amide bonds. The lowest BCUT2D eigenvalue weighted by atomic mass is 10.1. The van der Waals surface area contributed by atoms with Crippen LogP contribution in [0.5, 0.6) is 11.5 Å². The molecule has 0 fully saturated rings. The molecule has 0 aliphatic rings. The number of hydrogen-bond acceptors (Lipinski definition) is 7. The van der Waals surface area contributed by atoms with Crippen LogP contribution in [0.15, 0.2) is 35.3 Å². The SMILES string of the molecule is CC(O)Cn1c(=O)c(Oc2ccc(F)cc2F)cc2cnc(NC(C)(C)CO)nc21. The normalized spacial score (nSPS) is 12.8. The summed E-state index contributed by atoms with van der Waals surface area (Å²) in [7, 11) is 0. The molecule has 0 aliphatic heterocycles. The highest BCUT2D eigenvalue weighted by molar-refractivity contribution is 5.77. The average Bonchev–Trinajstić information content (AvgIpc) is 2.67. The third kappa shape index (κ3) is 4.71. The van der Waals surface area contributed by atoms with Crippen LogP contribution in [0.3, 0.4) is 0 Å². The second-order valence-corrected chi connectivity index (χ2v) is 7.59. The molecule has 0 saturated carbocycles. The first-order chi connectivity index (χ1) is 14.1. The Morgan fingerprint density at radius 3 is 2.63 bits per heavy atom. The van der Waals surface area contributed by atoms with Gasteiger partial charge in [-0.15, -0.1) is 0 Å². The molecule has 2 aromatic heterocycles. The fourth-order valence-corrected chi connectivity index (χ4v) is 2.72. The maximum Gasteiger partial charge on any atom is 0.295 e. The van der Waals surface area contributed by atoms with Crippen molar-refractivity contribution in [1.29, 1.82) is 0 Å². The number of aromatic nitrogens is 3. The summed E-state index contributed by atoms with van der Waals surface area (Å²) in [5.74, 6) is -2.10. The van der Waals surface area contributed by atoms with Crippen LogP contribution in [0.4, 0.5) is 14.7 Å². The molecule has 3 rings (SSSR count). The second-order valence-electron chi connectivity index (χ2n) is 7.59. The number of aliphatic hydroxyl groups excluding tert-OH is 2. The molecule has 1 atom stereocenters. The molecule has 3 N–H and O–H groups in total. The zero-order valence-corrected chi connectivity index (χ0v) is 16.7. The molecule has 3 aromatic rings. The van der Waals surface area contributed by atoms with Crippen LogP contribution in [0, 0.1) is 11.6 Å². The molecule has 160 valence electrons. The third-order valence-electron chi connectivity index (χ3n) is 4.20. The highest BCUT2D eigenvalue weighted by Crippen LogP contribution is 2.25. The quantitative estimate of drug-likeness (QED) is 0.539. The van der Waals surface area contributed by atoms with Crippen molar-refractivity contribution in [3.05, 3.63) is 52.5 Å². The van der Waals surface area contributed by atoms with E-state index < -0.39 is 28.8 Å². The maximum absolute atomic E-state index is 14.0. The number of fused-ring (bicyclic) bond motifs is 1. The van der Waals surface area contributed by atoms with Crippen molar-refractivity contribution >= 4 is 17.0 Å². The van der Waals surface area contributed by atoms with Gasteiger partial charge in [0.15, 0.2) is 17.3 Å². The van der Waals surface area contributed by atoms with Crippen molar-refractivity contribution in [3.8, 4) is 11.5 Å². The van der Waals surface area contributed by atoms with Gasteiger partial charge in [-0.25, -0.2) is 13.8 Å². The van der Waals surface area contributed by atoms with Gasteiger partial charge in [0, 0.05) is 17.6 Å². The molecule has 0 saturated heterocycles. The van der Waals surface area contributed by atoms with E-state index in [1.165, 1.54) is 23.8 Å². The first-order valence-corrected chi connectivity index (χ1v) is 9.20. The molecular formula is C20H22F2N4O4. The molecule has 1 unspecified atom stereocenters. The van der Waals surface area contributed by atoms with Crippen molar-refractivity contribution in [2.75, 3.05) is 11.9 Å². The summed E-state index contributed by atoms with van der Waals surface area (Å²) in [5.41, 5.74) is -1.14. The van der Waals surface area contributed by atoms with E-state index >= 15 is 0 Å². The molecule has 0 spiro atoms. The number of anilines is 1. The zero-order valence-electron chi connectivity index (χ0n) is 16.7. The van der Waals surface area contributed by atoms with E-state index in [4.69, 9.17) is 4.74 Å². The summed E-state index contributed by atoms with van der Waals surface area (Å²) in [6.45, 7) is 4.72. The number of aliphatic hydroxyl groups is 2. The Morgan fingerprint density at radius 2 is 2.00 bits per heavy atom. The summed E-state index contributed by atoms with van der Waals surface area (Å²) in [6.07, 6.45) is 0.549. The van der Waals surface area contributed by atoms with Crippen molar-refractivity contribution in [1.82, 2.24) is 14.5 Å². The lowest BCUT2D eigenvalue weighted by Crippen LogP contribution is -2.36. The van der Waals surface area contributed by atoms with E-state index in [2.05, 4.69) is 15.3 Å². The van der Waals surface area contributed by atoms with Gasteiger partial charge in [-0.1, -0.05) is 0 Å². The van der Waals surface area contributed by atoms with Gasteiger partial charge in [0.2, 0.25) is 5.95 Å². The molecule has 0 aliphatic carbocycles. The lowest BCUT2D eigenvalue weighted by molar-refractivity contribution is 0.173. The maximum atomic E-state index is 14.0. The van der Waals surface area contributed by atoms with Gasteiger partial charge in [0.05, 0.1) is 24.8 Å². The van der Waals surface area contributed by atoms with Crippen LogP contribution in [0.1, 0.15) is 20.8 Å². The average molecular weight is 420 g/mol. The Kier molecular flexibility index (Phi) is 5.99. The smallest absolute Gasteiger partial charge is 0.295 e. The number of pyridine rings is 1. The van der Waals surface area contributed by atoms with Crippen LogP contribution in [-0.4, -0.2) is 43.0 Å². The van der Waals surface area contributed by atoms with Crippen LogP contribution in [0.25, 0.3) is 11.0 Å². The number of halogens is 2. The predicted octanol–water partition coefficient (Wildman–Crippen LogP) is 2.43. The van der Waals surface area contributed by atoms with Crippen molar-refractivity contribution < 1.29 is 23.7 Å². The number of hydrogen-bond donors (Lipinski definition) is 3. The van der Waals surface area contributed by atoms with E-state index in [-0.39, 0.29) is 36.2 Å². The summed E-state index contributed by atoms with van der Waals surface area (Å²) in [5, 5.41) is 22.6. The number of nitrogens with zero attached hydrogens (tertiary/aromatic N) is 3. The number of benzene rings is 1. The minimum Gasteiger partial charge on any atom is -0.448 e. The summed E-state index contributed by atoms with van der Waals surface area (Å²) in [6, 6.07) is 4.08. The van der Waals surface area contributed by atoms with Crippen molar-refractivity contribution in [2.45, 2.75) is 39.0 Å². The Balaban J connectivity index is 2.12. The Bertz CT molecular complexity index is 1130. The third-order valence-corrected chi connectivity index (χ3v) is 4.20. The van der Waals surface area contributed by atoms with Gasteiger partial charge in [-0.05, 0) is 39.0 Å². The fourth-order valence-electron chi connectivity index (χ4n) is 2.72. The standard InChI is InChI=1S/C20H22F2N4O4/c1-11(28)9-26-17-12(8-23-19(24-17)25-20(2,3)10-27)6-16(18(26)29)30-15-5-4-13(21)7-14(15)22/h4-8,11,27-28H,9-10H2,1-3H3,(H,23,24,25). The van der Waals surface area contributed by atoms with Crippen molar-refractivity contribution in [3.63, 3.8) is 0 Å². The monoisotopic (exact) mass is 420 g/mol. The van der Waals surface area contributed by atoms with E-state index in [1.54, 1.807) is 13.8 Å². The number of ether oxygens (including phenoxy) is 1. The van der Waals surface area contributed by atoms with Crippen molar-refractivity contribution in [2.24, 2.45) is 0 Å². The highest BCUT2D eigenvalue weighted by atomic mass is 19.1. The summed E-state index contributed by atoms with van der Waals surface area (Å²) >= 11 is 0. The zero-order chi connectivity index (χ0) is 22.1. The van der Waals surface area contributed by atoms with E-state index in [9.17, 15) is 23.8 Å². The molecule has 2 heterocycles. The first kappa shape index (κ1) is 21.6. The first-order valence-electron chi connectivity index (χ1n) is 9.20. The number of rotatable bonds is 7. The molecule has 0 radical (unpaired) electrons. The van der Waals surface area contributed by atoms with E-state index in [0.29, 0.717) is 11.5 Å². The summed E-state index contributed by atoms with van der Waals surface area (Å²) < 4.78 is 33.7. The van der Waals surface area contributed by atoms with E-state index in [1.807, 2.05) is 0 Å². The Morgan fingerprint density at radius 1 is 1.27 bits per heavy atom. The van der Waals surface area contributed by atoms with Gasteiger partial charge in [0.25, 0.3) is 5.56 Å². The molecule has 1 aromatic carbocycles. The van der Waals surface area contributed by atoms with E-state index in [0.717, 1.165) is 12.1 Å². The topological polar surface area (TPSA) is 110 Å². The number of nitrogens with one attached hydrogen (secondary N) is 1. The van der Waals surface area contributed by atoms with Gasteiger partial charge in [-0.2, -0.15) is 4.98 Å². The molecule has 0 bridgehead atoms. The molecular weight excluding hydrogens is 398 g/mol. The molecule has 8 nitrogen and oxygen atoms in total.